The number of methoxy groups -OCH3 is 1. The van der Waals surface area contributed by atoms with E-state index in [9.17, 15) is 14.4 Å². The van der Waals surface area contributed by atoms with Crippen molar-refractivity contribution < 1.29 is 19.1 Å². The first-order valence-electron chi connectivity index (χ1n) is 10.7. The van der Waals surface area contributed by atoms with Crippen molar-refractivity contribution in [3.05, 3.63) is 71.3 Å². The first kappa shape index (κ1) is 20.8. The third-order valence-electron chi connectivity index (χ3n) is 6.80. The zero-order valence-corrected chi connectivity index (χ0v) is 18.3. The molecule has 2 aromatic rings. The van der Waals surface area contributed by atoms with Crippen LogP contribution in [0, 0.1) is 23.7 Å². The Morgan fingerprint density at radius 1 is 1.09 bits per heavy atom. The zero-order chi connectivity index (χ0) is 22.4. The van der Waals surface area contributed by atoms with Gasteiger partial charge in [0, 0.05) is 10.7 Å². The highest BCUT2D eigenvalue weighted by atomic mass is 35.5. The summed E-state index contributed by atoms with van der Waals surface area (Å²) in [6, 6.07) is 13.3. The average molecular weight is 451 g/mol. The van der Waals surface area contributed by atoms with Crippen LogP contribution in [0.4, 0.5) is 5.69 Å². The maximum Gasteiger partial charge on any atom is 0.234 e. The highest BCUT2D eigenvalue weighted by Gasteiger charge is 2.60. The Morgan fingerprint density at radius 2 is 1.75 bits per heavy atom. The van der Waals surface area contributed by atoms with Crippen molar-refractivity contribution in [1.82, 2.24) is 4.90 Å². The molecule has 0 radical (unpaired) electrons. The summed E-state index contributed by atoms with van der Waals surface area (Å²) in [7, 11) is 1.56. The van der Waals surface area contributed by atoms with Gasteiger partial charge >= 0.3 is 0 Å². The summed E-state index contributed by atoms with van der Waals surface area (Å²) in [5.74, 6) is -0.450. The van der Waals surface area contributed by atoms with Crippen LogP contribution in [0.3, 0.4) is 0 Å². The van der Waals surface area contributed by atoms with Gasteiger partial charge in [0.1, 0.15) is 5.75 Å². The van der Waals surface area contributed by atoms with Gasteiger partial charge in [-0.15, -0.1) is 0 Å². The highest BCUT2D eigenvalue weighted by molar-refractivity contribution is 6.30. The van der Waals surface area contributed by atoms with Gasteiger partial charge in [-0.3, -0.25) is 19.3 Å². The van der Waals surface area contributed by atoms with Gasteiger partial charge in [-0.25, -0.2) is 0 Å². The number of rotatable bonds is 6. The minimum Gasteiger partial charge on any atom is -0.497 e. The molecule has 1 N–H and O–H groups in total. The van der Waals surface area contributed by atoms with Crippen LogP contribution in [0.1, 0.15) is 24.4 Å². The smallest absolute Gasteiger partial charge is 0.234 e. The number of benzene rings is 2. The number of carbonyl (C=O) groups excluding carboxylic acids is 3. The van der Waals surface area contributed by atoms with E-state index in [0.29, 0.717) is 22.0 Å². The molecule has 1 saturated heterocycles. The van der Waals surface area contributed by atoms with Crippen molar-refractivity contribution in [2.45, 2.75) is 18.9 Å². The maximum absolute atomic E-state index is 13.4. The number of amides is 3. The standard InChI is InChI=1S/C25H23ClN2O4/c1-32-19-4-2-3-14(12-19)20(13-21(29)27-18-9-7-17(26)8-10-18)28-24(30)22-15-5-6-16(11-15)23(22)25(28)31/h2-10,12,15-16,20,22-23H,11,13H2,1H3,(H,27,29). The summed E-state index contributed by atoms with van der Waals surface area (Å²) in [6.45, 7) is 0. The molecule has 5 rings (SSSR count). The Kier molecular flexibility index (Phi) is 5.25. The van der Waals surface area contributed by atoms with E-state index < -0.39 is 6.04 Å². The molecule has 2 aromatic carbocycles. The lowest BCUT2D eigenvalue weighted by Crippen LogP contribution is -2.38. The number of hydrogen-bond donors (Lipinski definition) is 1. The van der Waals surface area contributed by atoms with Crippen LogP contribution in [0.2, 0.25) is 5.02 Å². The molecule has 6 nitrogen and oxygen atoms in total. The zero-order valence-electron chi connectivity index (χ0n) is 17.5. The van der Waals surface area contributed by atoms with Gasteiger partial charge in [0.2, 0.25) is 17.7 Å². The van der Waals surface area contributed by atoms with E-state index in [0.717, 1.165) is 6.42 Å². The maximum atomic E-state index is 13.4. The van der Waals surface area contributed by atoms with Crippen molar-refractivity contribution in [3.8, 4) is 5.75 Å². The summed E-state index contributed by atoms with van der Waals surface area (Å²) < 4.78 is 5.34. The van der Waals surface area contributed by atoms with E-state index in [4.69, 9.17) is 16.3 Å². The van der Waals surface area contributed by atoms with Crippen LogP contribution in [0.25, 0.3) is 0 Å². The quantitative estimate of drug-likeness (QED) is 0.528. The number of anilines is 1. The van der Waals surface area contributed by atoms with Gasteiger partial charge < -0.3 is 10.1 Å². The molecular formula is C25H23ClN2O4. The van der Waals surface area contributed by atoms with Crippen LogP contribution in [-0.2, 0) is 14.4 Å². The fourth-order valence-electron chi connectivity index (χ4n) is 5.36. The molecule has 32 heavy (non-hydrogen) atoms. The largest absolute Gasteiger partial charge is 0.497 e. The first-order chi connectivity index (χ1) is 15.5. The molecular weight excluding hydrogens is 428 g/mol. The number of ether oxygens (including phenoxy) is 1. The lowest BCUT2D eigenvalue weighted by molar-refractivity contribution is -0.144. The van der Waals surface area contributed by atoms with E-state index >= 15 is 0 Å². The number of fused-ring (bicyclic) bond motifs is 5. The van der Waals surface area contributed by atoms with E-state index in [-0.39, 0.29) is 47.8 Å². The fraction of sp³-hybridized carbons (Fsp3) is 0.320. The number of nitrogens with zero attached hydrogens (tertiary/aromatic N) is 1. The second-order valence-electron chi connectivity index (χ2n) is 8.60. The third kappa shape index (κ3) is 3.48. The normalized spacial score (nSPS) is 26.4. The molecule has 3 aliphatic rings. The van der Waals surface area contributed by atoms with Gasteiger partial charge in [0.05, 0.1) is 31.4 Å². The summed E-state index contributed by atoms with van der Waals surface area (Å²) in [4.78, 5) is 41.1. The molecule has 1 aliphatic heterocycles. The molecule has 5 unspecified atom stereocenters. The number of imide groups is 1. The summed E-state index contributed by atoms with van der Waals surface area (Å²) >= 11 is 5.92. The second kappa shape index (κ2) is 8.10. The van der Waals surface area contributed by atoms with Crippen molar-refractivity contribution in [1.29, 1.82) is 0 Å². The van der Waals surface area contributed by atoms with Crippen LogP contribution < -0.4 is 10.1 Å². The van der Waals surface area contributed by atoms with Gasteiger partial charge in [-0.05, 0) is 60.2 Å². The van der Waals surface area contributed by atoms with Crippen molar-refractivity contribution in [2.75, 3.05) is 12.4 Å². The molecule has 1 saturated carbocycles. The van der Waals surface area contributed by atoms with Crippen LogP contribution in [0.5, 0.6) is 5.75 Å². The van der Waals surface area contributed by atoms with E-state index in [1.807, 2.05) is 6.07 Å². The lowest BCUT2D eigenvalue weighted by atomic mass is 9.85. The van der Waals surface area contributed by atoms with Gasteiger partial charge in [0.15, 0.2) is 0 Å². The Morgan fingerprint density at radius 3 is 2.38 bits per heavy atom. The minimum absolute atomic E-state index is 0.0462. The number of hydrogen-bond acceptors (Lipinski definition) is 4. The number of halogens is 1. The predicted octanol–water partition coefficient (Wildman–Crippen LogP) is 4.23. The molecule has 0 aromatic heterocycles. The molecule has 164 valence electrons. The monoisotopic (exact) mass is 450 g/mol. The molecule has 3 amide bonds. The average Bonchev–Trinajstić information content (AvgIpc) is 3.48. The van der Waals surface area contributed by atoms with Gasteiger partial charge in [0.25, 0.3) is 0 Å². The number of nitrogens with one attached hydrogen (secondary N) is 1. The highest BCUT2D eigenvalue weighted by Crippen LogP contribution is 2.54. The number of carbonyl (C=O) groups is 3. The minimum atomic E-state index is -0.706. The summed E-state index contributed by atoms with van der Waals surface area (Å²) in [5, 5.41) is 3.41. The van der Waals surface area contributed by atoms with Crippen LogP contribution in [0.15, 0.2) is 60.7 Å². The molecule has 5 atom stereocenters. The lowest BCUT2D eigenvalue weighted by Gasteiger charge is -2.28. The summed E-state index contributed by atoms with van der Waals surface area (Å²) in [5.41, 5.74) is 1.29. The Balaban J connectivity index is 1.45. The predicted molar refractivity (Wildman–Crippen MR) is 120 cm³/mol. The van der Waals surface area contributed by atoms with Gasteiger partial charge in [-0.2, -0.15) is 0 Å². The van der Waals surface area contributed by atoms with Gasteiger partial charge in [-0.1, -0.05) is 35.9 Å². The summed E-state index contributed by atoms with van der Waals surface area (Å²) in [6.07, 6.45) is 4.94. The van der Waals surface area contributed by atoms with Crippen LogP contribution in [-0.4, -0.2) is 29.7 Å². The van der Waals surface area contributed by atoms with Crippen LogP contribution >= 0.6 is 11.6 Å². The Hall–Kier alpha value is -3.12. The first-order valence-corrected chi connectivity index (χ1v) is 11.1. The van der Waals surface area contributed by atoms with E-state index in [1.165, 1.54) is 4.90 Å². The Bertz CT molecular complexity index is 1080. The number of allylic oxidation sites excluding steroid dienone is 2. The van der Waals surface area contributed by atoms with E-state index in [1.54, 1.807) is 49.6 Å². The molecule has 7 heteroatoms. The molecule has 1 heterocycles. The Labute approximate surface area is 191 Å². The SMILES string of the molecule is COc1cccc(C(CC(=O)Nc2ccc(Cl)cc2)N2C(=O)C3C4C=CC(C4)C3C2=O)c1. The fourth-order valence-corrected chi connectivity index (χ4v) is 5.49. The molecule has 2 aliphatic carbocycles. The topological polar surface area (TPSA) is 75.7 Å². The second-order valence-corrected chi connectivity index (χ2v) is 9.03. The third-order valence-corrected chi connectivity index (χ3v) is 7.05. The van der Waals surface area contributed by atoms with Crippen molar-refractivity contribution >= 4 is 35.0 Å². The van der Waals surface area contributed by atoms with Crippen molar-refractivity contribution in [3.63, 3.8) is 0 Å². The molecule has 2 bridgehead atoms. The van der Waals surface area contributed by atoms with Crippen molar-refractivity contribution in [2.24, 2.45) is 23.7 Å². The molecule has 0 spiro atoms. The number of likely N-dealkylation sites (tertiary alicyclic amines) is 1. The molecule has 2 fully saturated rings. The van der Waals surface area contributed by atoms with E-state index in [2.05, 4.69) is 17.5 Å².